The van der Waals surface area contributed by atoms with E-state index < -0.39 is 0 Å². The second kappa shape index (κ2) is 6.35. The molecular weight excluding hydrogens is 302 g/mol. The number of hydrogen-bond donors (Lipinski definition) is 1. The zero-order valence-corrected chi connectivity index (χ0v) is 13.4. The van der Waals surface area contributed by atoms with Crippen LogP contribution in [-0.2, 0) is 19.3 Å². The minimum absolute atomic E-state index is 0.102. The Morgan fingerprint density at radius 3 is 2.83 bits per heavy atom. The van der Waals surface area contributed by atoms with Gasteiger partial charge in [-0.2, -0.15) is 5.10 Å². The molecule has 0 saturated carbocycles. The second-order valence-corrected chi connectivity index (χ2v) is 5.96. The van der Waals surface area contributed by atoms with E-state index in [9.17, 15) is 4.79 Å². The molecule has 0 spiro atoms. The number of aromatic nitrogens is 2. The standard InChI is InChI=1S/C19H19N3O2/c23-19(20-12-11-15-8-5-13-24-15)18-16-9-4-10-17(16)22(21-18)14-6-2-1-3-7-14/h1-3,5-8,13H,4,9-12H2,(H,20,23). The van der Waals surface area contributed by atoms with Crippen molar-refractivity contribution in [3.63, 3.8) is 0 Å². The molecule has 122 valence electrons. The van der Waals surface area contributed by atoms with E-state index in [1.54, 1.807) is 6.26 Å². The molecular formula is C19H19N3O2. The molecule has 0 bridgehead atoms. The monoisotopic (exact) mass is 321 g/mol. The van der Waals surface area contributed by atoms with Crippen LogP contribution >= 0.6 is 0 Å². The van der Waals surface area contributed by atoms with Crippen LogP contribution in [0.15, 0.2) is 53.1 Å². The summed E-state index contributed by atoms with van der Waals surface area (Å²) < 4.78 is 7.21. The molecule has 2 aromatic heterocycles. The predicted octanol–water partition coefficient (Wildman–Crippen LogP) is 2.93. The molecule has 24 heavy (non-hydrogen) atoms. The van der Waals surface area contributed by atoms with Gasteiger partial charge in [0, 0.05) is 24.2 Å². The maximum absolute atomic E-state index is 12.6. The van der Waals surface area contributed by atoms with Gasteiger partial charge in [0.05, 0.1) is 12.0 Å². The molecule has 1 aromatic carbocycles. The van der Waals surface area contributed by atoms with Crippen LogP contribution in [0.1, 0.15) is 33.9 Å². The van der Waals surface area contributed by atoms with Gasteiger partial charge in [-0.3, -0.25) is 4.79 Å². The first-order valence-corrected chi connectivity index (χ1v) is 8.30. The summed E-state index contributed by atoms with van der Waals surface area (Å²) >= 11 is 0. The molecule has 0 aliphatic heterocycles. The largest absolute Gasteiger partial charge is 0.469 e. The van der Waals surface area contributed by atoms with Gasteiger partial charge in [0.2, 0.25) is 0 Å². The van der Waals surface area contributed by atoms with Gasteiger partial charge in [0.1, 0.15) is 5.76 Å². The van der Waals surface area contributed by atoms with Crippen LogP contribution in [0.3, 0.4) is 0 Å². The summed E-state index contributed by atoms with van der Waals surface area (Å²) in [6, 6.07) is 13.8. The van der Waals surface area contributed by atoms with Crippen molar-refractivity contribution >= 4 is 5.91 Å². The van der Waals surface area contributed by atoms with E-state index in [1.807, 2.05) is 47.1 Å². The maximum atomic E-state index is 12.6. The van der Waals surface area contributed by atoms with Crippen molar-refractivity contribution in [3.8, 4) is 5.69 Å². The summed E-state index contributed by atoms with van der Waals surface area (Å²) in [7, 11) is 0. The van der Waals surface area contributed by atoms with Gasteiger partial charge in [0.25, 0.3) is 5.91 Å². The Kier molecular flexibility index (Phi) is 3.91. The van der Waals surface area contributed by atoms with Crippen LogP contribution in [0.5, 0.6) is 0 Å². The molecule has 2 heterocycles. The zero-order chi connectivity index (χ0) is 16.4. The van der Waals surface area contributed by atoms with Crippen LogP contribution < -0.4 is 5.32 Å². The Balaban J connectivity index is 1.54. The number of fused-ring (bicyclic) bond motifs is 1. The van der Waals surface area contributed by atoms with Gasteiger partial charge in [-0.25, -0.2) is 4.68 Å². The van der Waals surface area contributed by atoms with Gasteiger partial charge in [-0.15, -0.1) is 0 Å². The third-order valence-electron chi connectivity index (χ3n) is 4.38. The third-order valence-corrected chi connectivity index (χ3v) is 4.38. The summed E-state index contributed by atoms with van der Waals surface area (Å²) in [6.07, 6.45) is 5.29. The lowest BCUT2D eigenvalue weighted by Gasteiger charge is -2.05. The molecule has 1 amide bonds. The Labute approximate surface area is 140 Å². The van der Waals surface area contributed by atoms with Crippen LogP contribution in [0, 0.1) is 0 Å². The van der Waals surface area contributed by atoms with E-state index >= 15 is 0 Å². The van der Waals surface area contributed by atoms with Gasteiger partial charge >= 0.3 is 0 Å². The van der Waals surface area contributed by atoms with E-state index in [0.717, 1.165) is 42.0 Å². The average Bonchev–Trinajstić information content (AvgIpc) is 3.33. The Morgan fingerprint density at radius 1 is 1.17 bits per heavy atom. The number of carbonyl (C=O) groups excluding carboxylic acids is 1. The molecule has 5 heteroatoms. The summed E-state index contributed by atoms with van der Waals surface area (Å²) in [6.45, 7) is 0.541. The number of benzene rings is 1. The van der Waals surface area contributed by atoms with Crippen LogP contribution in [0.2, 0.25) is 0 Å². The van der Waals surface area contributed by atoms with E-state index in [0.29, 0.717) is 18.7 Å². The highest BCUT2D eigenvalue weighted by atomic mass is 16.3. The molecule has 0 radical (unpaired) electrons. The second-order valence-electron chi connectivity index (χ2n) is 5.96. The van der Waals surface area contributed by atoms with Crippen molar-refractivity contribution in [1.82, 2.24) is 15.1 Å². The molecule has 0 unspecified atom stereocenters. The molecule has 0 fully saturated rings. The normalized spacial score (nSPS) is 13.0. The Morgan fingerprint density at radius 2 is 2.04 bits per heavy atom. The number of hydrogen-bond acceptors (Lipinski definition) is 3. The van der Waals surface area contributed by atoms with E-state index in [1.165, 1.54) is 0 Å². The molecule has 3 aromatic rings. The highest BCUT2D eigenvalue weighted by Crippen LogP contribution is 2.27. The fourth-order valence-electron chi connectivity index (χ4n) is 3.24. The minimum atomic E-state index is -0.102. The quantitative estimate of drug-likeness (QED) is 0.786. The van der Waals surface area contributed by atoms with Crippen LogP contribution in [0.4, 0.5) is 0 Å². The summed E-state index contributed by atoms with van der Waals surface area (Å²) in [5.41, 5.74) is 3.82. The van der Waals surface area contributed by atoms with Crippen LogP contribution in [0.25, 0.3) is 5.69 Å². The van der Waals surface area contributed by atoms with Crippen molar-refractivity contribution < 1.29 is 9.21 Å². The van der Waals surface area contributed by atoms with Crippen molar-refractivity contribution in [2.75, 3.05) is 6.54 Å². The zero-order valence-electron chi connectivity index (χ0n) is 13.4. The molecule has 5 nitrogen and oxygen atoms in total. The fourth-order valence-corrected chi connectivity index (χ4v) is 3.24. The highest BCUT2D eigenvalue weighted by Gasteiger charge is 2.26. The lowest BCUT2D eigenvalue weighted by atomic mass is 10.2. The molecule has 1 aliphatic carbocycles. The topological polar surface area (TPSA) is 60.1 Å². The van der Waals surface area contributed by atoms with Crippen LogP contribution in [-0.4, -0.2) is 22.2 Å². The third kappa shape index (κ3) is 2.73. The fraction of sp³-hybridized carbons (Fsp3) is 0.263. The highest BCUT2D eigenvalue weighted by molar-refractivity contribution is 5.94. The lowest BCUT2D eigenvalue weighted by Crippen LogP contribution is -2.27. The Hall–Kier alpha value is -2.82. The molecule has 1 N–H and O–H groups in total. The first-order chi connectivity index (χ1) is 11.8. The van der Waals surface area contributed by atoms with Gasteiger partial charge in [-0.1, -0.05) is 18.2 Å². The molecule has 4 rings (SSSR count). The number of amides is 1. The number of rotatable bonds is 5. The average molecular weight is 321 g/mol. The molecule has 1 aliphatic rings. The SMILES string of the molecule is O=C(NCCc1ccco1)c1nn(-c2ccccc2)c2c1CCC2. The number of para-hydroxylation sites is 1. The van der Waals surface area contributed by atoms with Crippen molar-refractivity contribution in [1.29, 1.82) is 0 Å². The number of furan rings is 1. The van der Waals surface area contributed by atoms with Crippen molar-refractivity contribution in [2.45, 2.75) is 25.7 Å². The van der Waals surface area contributed by atoms with Gasteiger partial charge in [-0.05, 0) is 43.5 Å². The lowest BCUT2D eigenvalue weighted by molar-refractivity contribution is 0.0947. The van der Waals surface area contributed by atoms with E-state index in [4.69, 9.17) is 4.42 Å². The first-order valence-electron chi connectivity index (χ1n) is 8.30. The number of nitrogens with one attached hydrogen (secondary N) is 1. The van der Waals surface area contributed by atoms with Gasteiger partial charge in [0.15, 0.2) is 5.69 Å². The summed E-state index contributed by atoms with van der Waals surface area (Å²) in [5, 5.41) is 7.56. The minimum Gasteiger partial charge on any atom is -0.469 e. The van der Waals surface area contributed by atoms with E-state index in [-0.39, 0.29) is 5.91 Å². The Bertz CT molecular complexity index is 835. The number of carbonyl (C=O) groups is 1. The van der Waals surface area contributed by atoms with Crippen molar-refractivity contribution in [3.05, 3.63) is 71.4 Å². The predicted molar refractivity (Wildman–Crippen MR) is 90.3 cm³/mol. The maximum Gasteiger partial charge on any atom is 0.272 e. The molecule has 0 saturated heterocycles. The summed E-state index contributed by atoms with van der Waals surface area (Å²) in [5.74, 6) is 0.768. The smallest absolute Gasteiger partial charge is 0.272 e. The number of nitrogens with zero attached hydrogens (tertiary/aromatic N) is 2. The van der Waals surface area contributed by atoms with E-state index in [2.05, 4.69) is 10.4 Å². The van der Waals surface area contributed by atoms with Gasteiger partial charge < -0.3 is 9.73 Å². The first kappa shape index (κ1) is 14.8. The van der Waals surface area contributed by atoms with Crippen molar-refractivity contribution in [2.24, 2.45) is 0 Å². The summed E-state index contributed by atoms with van der Waals surface area (Å²) in [4.78, 5) is 12.6. The molecule has 0 atom stereocenters.